The molecule has 7 heteroatoms. The van der Waals surface area contributed by atoms with E-state index in [1.807, 2.05) is 5.43 Å². The number of methoxy groups -OCH3 is 1. The summed E-state index contributed by atoms with van der Waals surface area (Å²) in [5.74, 6) is 4.14. The minimum atomic E-state index is -0.497. The molecule has 18 heavy (non-hydrogen) atoms. The van der Waals surface area contributed by atoms with Gasteiger partial charge in [0.05, 0.1) is 12.8 Å². The van der Waals surface area contributed by atoms with Gasteiger partial charge in [0.2, 0.25) is 0 Å². The molecule has 0 saturated carbocycles. The number of hydrogen-bond donors (Lipinski definition) is 3. The fraction of sp³-hybridized carbons (Fsp3) is 0.0909. The Morgan fingerprint density at radius 3 is 2.89 bits per heavy atom. The Kier molecular flexibility index (Phi) is 3.24. The highest BCUT2D eigenvalue weighted by Gasteiger charge is 2.11. The topological polar surface area (TPSA) is 93.0 Å². The molecule has 2 rings (SSSR count). The first-order valence-corrected chi connectivity index (χ1v) is 5.06. The van der Waals surface area contributed by atoms with Crippen LogP contribution in [0.5, 0.6) is 5.75 Å². The van der Waals surface area contributed by atoms with Gasteiger partial charge in [-0.3, -0.25) is 15.3 Å². The van der Waals surface area contributed by atoms with Crippen molar-refractivity contribution in [2.75, 3.05) is 7.11 Å². The number of nitrogens with one attached hydrogen (secondary N) is 2. The van der Waals surface area contributed by atoms with E-state index in [9.17, 15) is 9.18 Å². The van der Waals surface area contributed by atoms with Crippen LogP contribution in [0.2, 0.25) is 0 Å². The van der Waals surface area contributed by atoms with Gasteiger partial charge in [0, 0.05) is 5.56 Å². The van der Waals surface area contributed by atoms with Gasteiger partial charge in [-0.25, -0.2) is 10.2 Å². The highest BCUT2D eigenvalue weighted by Crippen LogP contribution is 2.24. The highest BCUT2D eigenvalue weighted by atomic mass is 19.1. The molecule has 2 aromatic rings. The first-order valence-electron chi connectivity index (χ1n) is 5.06. The molecule has 1 aromatic heterocycles. The van der Waals surface area contributed by atoms with Crippen molar-refractivity contribution in [3.63, 3.8) is 0 Å². The van der Waals surface area contributed by atoms with Crippen LogP contribution in [0.3, 0.4) is 0 Å². The first kappa shape index (κ1) is 12.1. The average Bonchev–Trinajstić information content (AvgIpc) is 2.87. The fourth-order valence-electron chi connectivity index (χ4n) is 1.49. The standard InChI is InChI=1S/C11H11FN4O2/c1-18-10-3-2-6(4-7(10)12)8-5-9(16-15-8)11(17)14-13/h2-5H,13H2,1H3,(H,14,17)(H,15,16). The van der Waals surface area contributed by atoms with Crippen molar-refractivity contribution in [2.24, 2.45) is 5.84 Å². The van der Waals surface area contributed by atoms with Crippen molar-refractivity contribution in [3.8, 4) is 17.0 Å². The van der Waals surface area contributed by atoms with E-state index < -0.39 is 11.7 Å². The van der Waals surface area contributed by atoms with Crippen molar-refractivity contribution >= 4 is 5.91 Å². The second-order valence-electron chi connectivity index (χ2n) is 3.49. The number of aromatic amines is 1. The predicted molar refractivity (Wildman–Crippen MR) is 62.2 cm³/mol. The van der Waals surface area contributed by atoms with Crippen LogP contribution < -0.4 is 16.0 Å². The van der Waals surface area contributed by atoms with Crippen molar-refractivity contribution in [1.29, 1.82) is 0 Å². The van der Waals surface area contributed by atoms with Crippen LogP contribution in [0.15, 0.2) is 24.3 Å². The van der Waals surface area contributed by atoms with E-state index in [0.717, 1.165) is 0 Å². The Morgan fingerprint density at radius 1 is 1.50 bits per heavy atom. The zero-order chi connectivity index (χ0) is 13.1. The van der Waals surface area contributed by atoms with E-state index in [4.69, 9.17) is 10.6 Å². The molecule has 0 atom stereocenters. The number of amides is 1. The van der Waals surface area contributed by atoms with E-state index in [0.29, 0.717) is 11.3 Å². The Morgan fingerprint density at radius 2 is 2.28 bits per heavy atom. The molecule has 0 saturated heterocycles. The monoisotopic (exact) mass is 250 g/mol. The van der Waals surface area contributed by atoms with E-state index in [-0.39, 0.29) is 11.4 Å². The first-order chi connectivity index (χ1) is 8.65. The molecule has 0 unspecified atom stereocenters. The van der Waals surface area contributed by atoms with Crippen molar-refractivity contribution < 1.29 is 13.9 Å². The van der Waals surface area contributed by atoms with Crippen LogP contribution in [0, 0.1) is 5.82 Å². The SMILES string of the molecule is COc1ccc(-c2cc(C(=O)NN)[nH]n2)cc1F. The summed E-state index contributed by atoms with van der Waals surface area (Å²) in [6, 6.07) is 5.88. The number of H-pyrrole nitrogens is 1. The van der Waals surface area contributed by atoms with Gasteiger partial charge >= 0.3 is 0 Å². The molecule has 94 valence electrons. The maximum Gasteiger partial charge on any atom is 0.283 e. The van der Waals surface area contributed by atoms with Crippen LogP contribution in [0.25, 0.3) is 11.3 Å². The molecular formula is C11H11FN4O2. The largest absolute Gasteiger partial charge is 0.494 e. The Balaban J connectivity index is 2.34. The van der Waals surface area contributed by atoms with Crippen LogP contribution in [0.4, 0.5) is 4.39 Å². The zero-order valence-electron chi connectivity index (χ0n) is 9.53. The summed E-state index contributed by atoms with van der Waals surface area (Å²) in [6.45, 7) is 0. The van der Waals surface area contributed by atoms with E-state index >= 15 is 0 Å². The summed E-state index contributed by atoms with van der Waals surface area (Å²) in [7, 11) is 1.39. The molecule has 0 radical (unpaired) electrons. The third-order valence-corrected chi connectivity index (χ3v) is 2.40. The Hall–Kier alpha value is -2.41. The minimum Gasteiger partial charge on any atom is -0.494 e. The number of hydrazine groups is 1. The van der Waals surface area contributed by atoms with Gasteiger partial charge in [0.25, 0.3) is 5.91 Å². The number of rotatable bonds is 3. The van der Waals surface area contributed by atoms with Gasteiger partial charge in [-0.05, 0) is 24.3 Å². The Bertz CT molecular complexity index is 582. The smallest absolute Gasteiger partial charge is 0.283 e. The summed E-state index contributed by atoms with van der Waals surface area (Å²) in [5, 5.41) is 6.41. The molecule has 1 heterocycles. The average molecular weight is 250 g/mol. The number of carbonyl (C=O) groups is 1. The maximum atomic E-state index is 13.5. The molecule has 0 aliphatic carbocycles. The number of hydrogen-bond acceptors (Lipinski definition) is 4. The normalized spacial score (nSPS) is 10.2. The van der Waals surface area contributed by atoms with E-state index in [1.54, 1.807) is 6.07 Å². The molecule has 4 N–H and O–H groups in total. The summed E-state index contributed by atoms with van der Waals surface area (Å²) in [4.78, 5) is 11.2. The lowest BCUT2D eigenvalue weighted by molar-refractivity contribution is 0.0948. The number of halogens is 1. The number of ether oxygens (including phenoxy) is 1. The number of nitrogen functional groups attached to an aromatic ring is 1. The molecule has 1 amide bonds. The number of carbonyl (C=O) groups excluding carboxylic acids is 1. The van der Waals surface area contributed by atoms with E-state index in [1.165, 1.54) is 25.3 Å². The van der Waals surface area contributed by atoms with Crippen LogP contribution in [-0.2, 0) is 0 Å². The molecule has 0 bridgehead atoms. The quantitative estimate of drug-likeness (QED) is 0.427. The van der Waals surface area contributed by atoms with Crippen molar-refractivity contribution in [2.45, 2.75) is 0 Å². The molecule has 1 aromatic carbocycles. The number of aromatic nitrogens is 2. The van der Waals surface area contributed by atoms with Gasteiger partial charge < -0.3 is 4.74 Å². The van der Waals surface area contributed by atoms with Crippen LogP contribution >= 0.6 is 0 Å². The number of nitrogens with two attached hydrogens (primary N) is 1. The second-order valence-corrected chi connectivity index (χ2v) is 3.49. The molecule has 6 nitrogen and oxygen atoms in total. The maximum absolute atomic E-state index is 13.5. The summed E-state index contributed by atoms with van der Waals surface area (Å²) in [6.07, 6.45) is 0. The van der Waals surface area contributed by atoms with Crippen LogP contribution in [0.1, 0.15) is 10.5 Å². The zero-order valence-corrected chi connectivity index (χ0v) is 9.53. The summed E-state index contributed by atoms with van der Waals surface area (Å²) >= 11 is 0. The molecule has 0 spiro atoms. The number of nitrogens with zero attached hydrogens (tertiary/aromatic N) is 1. The van der Waals surface area contributed by atoms with Crippen LogP contribution in [-0.4, -0.2) is 23.2 Å². The molecule has 0 aliphatic heterocycles. The third-order valence-electron chi connectivity index (χ3n) is 2.40. The van der Waals surface area contributed by atoms with Gasteiger partial charge in [-0.15, -0.1) is 0 Å². The van der Waals surface area contributed by atoms with Gasteiger partial charge in [-0.2, -0.15) is 5.10 Å². The summed E-state index contributed by atoms with van der Waals surface area (Å²) < 4.78 is 18.3. The van der Waals surface area contributed by atoms with Crippen molar-refractivity contribution in [1.82, 2.24) is 15.6 Å². The lowest BCUT2D eigenvalue weighted by Gasteiger charge is -2.02. The minimum absolute atomic E-state index is 0.147. The molecular weight excluding hydrogens is 239 g/mol. The Labute approximate surface area is 102 Å². The lowest BCUT2D eigenvalue weighted by Crippen LogP contribution is -2.30. The van der Waals surface area contributed by atoms with Gasteiger partial charge in [-0.1, -0.05) is 0 Å². The third kappa shape index (κ3) is 2.16. The van der Waals surface area contributed by atoms with Gasteiger partial charge in [0.15, 0.2) is 11.6 Å². The highest BCUT2D eigenvalue weighted by molar-refractivity contribution is 5.92. The van der Waals surface area contributed by atoms with Gasteiger partial charge in [0.1, 0.15) is 5.69 Å². The number of benzene rings is 1. The lowest BCUT2D eigenvalue weighted by atomic mass is 10.1. The molecule has 0 fully saturated rings. The summed E-state index contributed by atoms with van der Waals surface area (Å²) in [5.41, 5.74) is 3.14. The second kappa shape index (κ2) is 4.84. The van der Waals surface area contributed by atoms with Crippen molar-refractivity contribution in [3.05, 3.63) is 35.8 Å². The fourth-order valence-corrected chi connectivity index (χ4v) is 1.49. The predicted octanol–water partition coefficient (Wildman–Crippen LogP) is 0.828. The molecule has 0 aliphatic rings. The van der Waals surface area contributed by atoms with E-state index in [2.05, 4.69) is 10.2 Å².